The van der Waals surface area contributed by atoms with Crippen LogP contribution in [0.15, 0.2) is 53.0 Å². The molecule has 114 valence electrons. The minimum atomic E-state index is -0.786. The maximum Gasteiger partial charge on any atom is 0.273 e. The summed E-state index contributed by atoms with van der Waals surface area (Å²) in [4.78, 5) is 22.2. The second-order valence-electron chi connectivity index (χ2n) is 4.51. The quantitative estimate of drug-likeness (QED) is 0.646. The van der Waals surface area contributed by atoms with Gasteiger partial charge in [-0.3, -0.25) is 14.9 Å². The number of carbonyl (C=O) groups excluding carboxylic acids is 1. The van der Waals surface area contributed by atoms with Crippen molar-refractivity contribution in [3.8, 4) is 5.75 Å². The maximum absolute atomic E-state index is 12.0. The van der Waals surface area contributed by atoms with Gasteiger partial charge in [0.15, 0.2) is 6.10 Å². The zero-order valence-electron chi connectivity index (χ0n) is 11.7. The van der Waals surface area contributed by atoms with E-state index < -0.39 is 11.0 Å². The van der Waals surface area contributed by atoms with E-state index in [1.165, 1.54) is 18.2 Å². The van der Waals surface area contributed by atoms with Crippen molar-refractivity contribution in [3.05, 3.63) is 63.1 Å². The number of nitrogens with zero attached hydrogens (tertiary/aromatic N) is 1. The number of nitrogens with one attached hydrogen (secondary N) is 1. The van der Waals surface area contributed by atoms with Gasteiger partial charge in [-0.1, -0.05) is 22.0 Å². The van der Waals surface area contributed by atoms with E-state index in [4.69, 9.17) is 4.74 Å². The number of hydrogen-bond acceptors (Lipinski definition) is 4. The summed E-state index contributed by atoms with van der Waals surface area (Å²) in [6.07, 6.45) is -0.786. The Morgan fingerprint density at radius 2 is 1.95 bits per heavy atom. The van der Waals surface area contributed by atoms with E-state index in [0.29, 0.717) is 5.69 Å². The number of amides is 1. The normalized spacial score (nSPS) is 11.5. The number of hydrogen-bond donors (Lipinski definition) is 1. The van der Waals surface area contributed by atoms with Crippen molar-refractivity contribution in [2.75, 3.05) is 5.32 Å². The average Bonchev–Trinajstić information content (AvgIpc) is 2.49. The van der Waals surface area contributed by atoms with Crippen molar-refractivity contribution in [1.29, 1.82) is 0 Å². The molecule has 1 N–H and O–H groups in total. The highest BCUT2D eigenvalue weighted by molar-refractivity contribution is 9.10. The lowest BCUT2D eigenvalue weighted by atomic mass is 10.3. The van der Waals surface area contributed by atoms with Crippen LogP contribution in [-0.4, -0.2) is 16.9 Å². The molecule has 1 atom stereocenters. The third kappa shape index (κ3) is 4.29. The first kappa shape index (κ1) is 16.0. The van der Waals surface area contributed by atoms with E-state index in [1.807, 2.05) is 12.1 Å². The molecule has 2 rings (SSSR count). The Hall–Kier alpha value is -2.41. The molecule has 0 aromatic heterocycles. The summed E-state index contributed by atoms with van der Waals surface area (Å²) in [6, 6.07) is 12.8. The highest BCUT2D eigenvalue weighted by Gasteiger charge is 2.16. The second-order valence-corrected chi connectivity index (χ2v) is 5.43. The lowest BCUT2D eigenvalue weighted by Gasteiger charge is -2.14. The Morgan fingerprint density at radius 3 is 2.59 bits per heavy atom. The fourth-order valence-corrected chi connectivity index (χ4v) is 1.97. The lowest BCUT2D eigenvalue weighted by Crippen LogP contribution is -2.30. The van der Waals surface area contributed by atoms with Gasteiger partial charge in [0.2, 0.25) is 0 Å². The zero-order valence-corrected chi connectivity index (χ0v) is 13.2. The molecule has 22 heavy (non-hydrogen) atoms. The number of anilines is 1. The van der Waals surface area contributed by atoms with Gasteiger partial charge in [-0.15, -0.1) is 0 Å². The van der Waals surface area contributed by atoms with Crippen molar-refractivity contribution >= 4 is 33.2 Å². The molecular formula is C15H13BrN2O4. The Kier molecular flexibility index (Phi) is 5.11. The SMILES string of the molecule is C[C@H](Oc1cccc([N+](=O)[O-])c1)C(=O)Nc1ccc(Br)cc1. The van der Waals surface area contributed by atoms with Crippen molar-refractivity contribution in [2.24, 2.45) is 0 Å². The third-order valence-corrected chi connectivity index (χ3v) is 3.35. The number of carbonyl (C=O) groups is 1. The summed E-state index contributed by atoms with van der Waals surface area (Å²) in [5.41, 5.74) is 0.556. The molecule has 0 aliphatic rings. The van der Waals surface area contributed by atoms with Gasteiger partial charge in [0.05, 0.1) is 11.0 Å². The maximum atomic E-state index is 12.0. The molecule has 0 radical (unpaired) electrons. The molecule has 0 fully saturated rings. The predicted octanol–water partition coefficient (Wildman–Crippen LogP) is 3.76. The van der Waals surface area contributed by atoms with Crippen LogP contribution in [0.4, 0.5) is 11.4 Å². The summed E-state index contributed by atoms with van der Waals surface area (Å²) >= 11 is 3.31. The van der Waals surface area contributed by atoms with Crippen LogP contribution in [0.25, 0.3) is 0 Å². The first-order valence-electron chi connectivity index (χ1n) is 6.43. The smallest absolute Gasteiger partial charge is 0.273 e. The summed E-state index contributed by atoms with van der Waals surface area (Å²) in [5.74, 6) is -0.0681. The largest absolute Gasteiger partial charge is 0.481 e. The van der Waals surface area contributed by atoms with Crippen LogP contribution >= 0.6 is 15.9 Å². The van der Waals surface area contributed by atoms with Crippen LogP contribution in [0.3, 0.4) is 0 Å². The van der Waals surface area contributed by atoms with E-state index >= 15 is 0 Å². The summed E-state index contributed by atoms with van der Waals surface area (Å²) < 4.78 is 6.35. The van der Waals surface area contributed by atoms with E-state index in [2.05, 4.69) is 21.2 Å². The Labute approximate surface area is 135 Å². The van der Waals surface area contributed by atoms with E-state index in [0.717, 1.165) is 4.47 Å². The first-order chi connectivity index (χ1) is 10.5. The molecule has 0 bridgehead atoms. The molecule has 2 aromatic carbocycles. The molecule has 0 aliphatic heterocycles. The predicted molar refractivity (Wildman–Crippen MR) is 86.0 cm³/mol. The van der Waals surface area contributed by atoms with Gasteiger partial charge in [0, 0.05) is 16.2 Å². The third-order valence-electron chi connectivity index (χ3n) is 2.82. The number of nitro benzene ring substituents is 1. The highest BCUT2D eigenvalue weighted by Crippen LogP contribution is 2.20. The minimum absolute atomic E-state index is 0.0852. The van der Waals surface area contributed by atoms with Crippen LogP contribution in [-0.2, 0) is 4.79 Å². The number of rotatable bonds is 5. The minimum Gasteiger partial charge on any atom is -0.481 e. The monoisotopic (exact) mass is 364 g/mol. The average molecular weight is 365 g/mol. The molecule has 0 aliphatic carbocycles. The van der Waals surface area contributed by atoms with Crippen LogP contribution in [0.1, 0.15) is 6.92 Å². The number of nitro groups is 1. The lowest BCUT2D eigenvalue weighted by molar-refractivity contribution is -0.384. The van der Waals surface area contributed by atoms with E-state index in [9.17, 15) is 14.9 Å². The highest BCUT2D eigenvalue weighted by atomic mass is 79.9. The first-order valence-corrected chi connectivity index (χ1v) is 7.22. The fourth-order valence-electron chi connectivity index (χ4n) is 1.71. The van der Waals surface area contributed by atoms with Gasteiger partial charge in [0.25, 0.3) is 11.6 Å². The molecule has 0 saturated carbocycles. The van der Waals surface area contributed by atoms with Crippen molar-refractivity contribution in [1.82, 2.24) is 0 Å². The van der Waals surface area contributed by atoms with Crippen LogP contribution in [0.2, 0.25) is 0 Å². The molecule has 0 unspecified atom stereocenters. The molecule has 1 amide bonds. The Balaban J connectivity index is 2.00. The summed E-state index contributed by atoms with van der Waals surface area (Å²) in [5, 5.41) is 13.4. The molecular weight excluding hydrogens is 352 g/mol. The van der Waals surface area contributed by atoms with E-state index in [1.54, 1.807) is 25.1 Å². The Bertz CT molecular complexity index is 688. The molecule has 0 saturated heterocycles. The van der Waals surface area contributed by atoms with Crippen LogP contribution in [0.5, 0.6) is 5.75 Å². The molecule has 0 spiro atoms. The zero-order chi connectivity index (χ0) is 16.1. The standard InChI is InChI=1S/C15H13BrN2O4/c1-10(15(19)17-12-7-5-11(16)6-8-12)22-14-4-2-3-13(9-14)18(20)21/h2-10H,1H3,(H,17,19)/t10-/m0/s1. The second kappa shape index (κ2) is 7.04. The van der Waals surface area contributed by atoms with Crippen LogP contribution in [0, 0.1) is 10.1 Å². The number of ether oxygens (including phenoxy) is 1. The van der Waals surface area contributed by atoms with E-state index in [-0.39, 0.29) is 17.3 Å². The fraction of sp³-hybridized carbons (Fsp3) is 0.133. The van der Waals surface area contributed by atoms with Gasteiger partial charge in [0.1, 0.15) is 5.75 Å². The van der Waals surface area contributed by atoms with Gasteiger partial charge >= 0.3 is 0 Å². The van der Waals surface area contributed by atoms with Gasteiger partial charge in [-0.05, 0) is 37.3 Å². The number of benzene rings is 2. The molecule has 7 heteroatoms. The van der Waals surface area contributed by atoms with Gasteiger partial charge in [-0.25, -0.2) is 0 Å². The van der Waals surface area contributed by atoms with Crippen molar-refractivity contribution in [3.63, 3.8) is 0 Å². The number of non-ortho nitro benzene ring substituents is 1. The molecule has 6 nitrogen and oxygen atoms in total. The summed E-state index contributed by atoms with van der Waals surface area (Å²) in [6.45, 7) is 1.58. The van der Waals surface area contributed by atoms with Crippen LogP contribution < -0.4 is 10.1 Å². The van der Waals surface area contributed by atoms with Crippen molar-refractivity contribution in [2.45, 2.75) is 13.0 Å². The molecule has 2 aromatic rings. The number of halogens is 1. The van der Waals surface area contributed by atoms with Gasteiger partial charge < -0.3 is 10.1 Å². The molecule has 0 heterocycles. The van der Waals surface area contributed by atoms with Gasteiger partial charge in [-0.2, -0.15) is 0 Å². The summed E-state index contributed by atoms with van der Waals surface area (Å²) in [7, 11) is 0. The Morgan fingerprint density at radius 1 is 1.27 bits per heavy atom. The topological polar surface area (TPSA) is 81.5 Å². The van der Waals surface area contributed by atoms with Crippen molar-refractivity contribution < 1.29 is 14.5 Å².